The van der Waals surface area contributed by atoms with Crippen molar-refractivity contribution in [2.45, 2.75) is 19.4 Å². The molecular weight excluding hydrogens is 237 g/mol. The monoisotopic (exact) mass is 255 g/mol. The molecule has 0 saturated carbocycles. The van der Waals surface area contributed by atoms with E-state index in [2.05, 4.69) is 5.32 Å². The van der Waals surface area contributed by atoms with Crippen LogP contribution in [-0.2, 0) is 9.53 Å². The molecule has 100 valence electrons. The van der Waals surface area contributed by atoms with E-state index in [-0.39, 0.29) is 24.8 Å². The molecule has 0 saturated heterocycles. The lowest BCUT2D eigenvalue weighted by molar-refractivity contribution is -0.123. The Labute approximate surface area is 106 Å². The fourth-order valence-electron chi connectivity index (χ4n) is 1.51. The van der Waals surface area contributed by atoms with Crippen molar-refractivity contribution in [1.29, 1.82) is 0 Å². The molecule has 1 aromatic rings. The summed E-state index contributed by atoms with van der Waals surface area (Å²) in [4.78, 5) is 11.6. The minimum atomic E-state index is -0.514. The predicted molar refractivity (Wildman–Crippen MR) is 65.5 cm³/mol. The normalized spacial score (nSPS) is 12.2. The maximum atomic E-state index is 12.8. The van der Waals surface area contributed by atoms with Crippen LogP contribution < -0.4 is 5.32 Å². The molecule has 2 N–H and O–H groups in total. The Balaban J connectivity index is 2.51. The van der Waals surface area contributed by atoms with Crippen molar-refractivity contribution < 1.29 is 19.0 Å². The third-order valence-corrected chi connectivity index (χ3v) is 2.47. The Morgan fingerprint density at radius 3 is 2.67 bits per heavy atom. The fourth-order valence-corrected chi connectivity index (χ4v) is 1.51. The first-order valence-corrected chi connectivity index (χ1v) is 5.90. The number of aliphatic hydroxyl groups excluding tert-OH is 1. The van der Waals surface area contributed by atoms with E-state index in [1.54, 1.807) is 12.1 Å². The lowest BCUT2D eigenvalue weighted by Gasteiger charge is -2.16. The predicted octanol–water partition coefficient (Wildman–Crippen LogP) is 1.40. The van der Waals surface area contributed by atoms with Gasteiger partial charge in [-0.3, -0.25) is 4.79 Å². The Morgan fingerprint density at radius 1 is 1.44 bits per heavy atom. The molecule has 1 amide bonds. The molecule has 0 aliphatic rings. The van der Waals surface area contributed by atoms with Crippen LogP contribution in [0.1, 0.15) is 24.9 Å². The molecule has 0 radical (unpaired) electrons. The van der Waals surface area contributed by atoms with E-state index in [1.807, 2.05) is 6.92 Å². The molecule has 0 unspecified atom stereocenters. The first kappa shape index (κ1) is 14.6. The maximum absolute atomic E-state index is 12.8. The van der Waals surface area contributed by atoms with Crippen molar-refractivity contribution >= 4 is 5.91 Å². The van der Waals surface area contributed by atoms with Crippen LogP contribution in [0.5, 0.6) is 0 Å². The molecule has 0 heterocycles. The second-order valence-corrected chi connectivity index (χ2v) is 3.80. The largest absolute Gasteiger partial charge is 0.394 e. The van der Waals surface area contributed by atoms with Gasteiger partial charge in [-0.15, -0.1) is 0 Å². The molecule has 0 bridgehead atoms. The van der Waals surface area contributed by atoms with Crippen LogP contribution in [0, 0.1) is 5.82 Å². The number of benzene rings is 1. The zero-order valence-electron chi connectivity index (χ0n) is 10.4. The number of aliphatic hydroxyl groups is 1. The Morgan fingerprint density at radius 2 is 2.11 bits per heavy atom. The van der Waals surface area contributed by atoms with Crippen molar-refractivity contribution in [3.63, 3.8) is 0 Å². The number of carbonyl (C=O) groups is 1. The molecule has 5 heteroatoms. The molecule has 0 aromatic heterocycles. The Bertz CT molecular complexity index is 367. The zero-order valence-corrected chi connectivity index (χ0v) is 10.4. The summed E-state index contributed by atoms with van der Waals surface area (Å²) in [7, 11) is 0. The standard InChI is InChI=1S/C13H18FNO3/c1-2-18-8-7-13(17)15-12(9-16)10-3-5-11(14)6-4-10/h3-6,12,16H,2,7-9H2,1H3,(H,15,17)/t12-/m0/s1. The van der Waals surface area contributed by atoms with E-state index in [9.17, 15) is 14.3 Å². The average Bonchev–Trinajstić information content (AvgIpc) is 2.37. The maximum Gasteiger partial charge on any atom is 0.222 e. The minimum Gasteiger partial charge on any atom is -0.394 e. The second kappa shape index (κ2) is 7.79. The Hall–Kier alpha value is -1.46. The number of rotatable bonds is 7. The Kier molecular flexibility index (Phi) is 6.32. The summed E-state index contributed by atoms with van der Waals surface area (Å²) >= 11 is 0. The molecule has 1 aromatic carbocycles. The third kappa shape index (κ3) is 4.81. The highest BCUT2D eigenvalue weighted by Gasteiger charge is 2.13. The lowest BCUT2D eigenvalue weighted by Crippen LogP contribution is -2.31. The molecule has 0 spiro atoms. The van der Waals surface area contributed by atoms with Gasteiger partial charge in [-0.25, -0.2) is 4.39 Å². The van der Waals surface area contributed by atoms with Crippen LogP contribution in [0.25, 0.3) is 0 Å². The number of amides is 1. The molecule has 18 heavy (non-hydrogen) atoms. The van der Waals surface area contributed by atoms with Crippen molar-refractivity contribution in [3.8, 4) is 0 Å². The van der Waals surface area contributed by atoms with Gasteiger partial charge in [0.25, 0.3) is 0 Å². The average molecular weight is 255 g/mol. The summed E-state index contributed by atoms with van der Waals surface area (Å²) in [5, 5.41) is 11.9. The summed E-state index contributed by atoms with van der Waals surface area (Å²) < 4.78 is 17.8. The highest BCUT2D eigenvalue weighted by molar-refractivity contribution is 5.76. The number of hydrogen-bond donors (Lipinski definition) is 2. The van der Waals surface area contributed by atoms with Crippen LogP contribution in [0.15, 0.2) is 24.3 Å². The van der Waals surface area contributed by atoms with Gasteiger partial charge in [0, 0.05) is 13.0 Å². The summed E-state index contributed by atoms with van der Waals surface area (Å²) in [5.74, 6) is -0.551. The molecule has 0 aliphatic carbocycles. The van der Waals surface area contributed by atoms with Gasteiger partial charge < -0.3 is 15.2 Å². The van der Waals surface area contributed by atoms with Gasteiger partial charge in [-0.2, -0.15) is 0 Å². The summed E-state index contributed by atoms with van der Waals surface area (Å²) in [6.07, 6.45) is 0.242. The van der Waals surface area contributed by atoms with E-state index < -0.39 is 6.04 Å². The van der Waals surface area contributed by atoms with E-state index >= 15 is 0 Å². The summed E-state index contributed by atoms with van der Waals surface area (Å²) in [6.45, 7) is 2.54. The lowest BCUT2D eigenvalue weighted by atomic mass is 10.1. The number of hydrogen-bond acceptors (Lipinski definition) is 3. The molecule has 0 fully saturated rings. The number of halogens is 1. The molecule has 0 aliphatic heterocycles. The van der Waals surface area contributed by atoms with E-state index in [4.69, 9.17) is 4.74 Å². The van der Waals surface area contributed by atoms with Gasteiger partial charge in [0.05, 0.1) is 19.3 Å². The van der Waals surface area contributed by atoms with Gasteiger partial charge in [0.2, 0.25) is 5.91 Å². The number of nitrogens with one attached hydrogen (secondary N) is 1. The van der Waals surface area contributed by atoms with Gasteiger partial charge in [-0.1, -0.05) is 12.1 Å². The molecule has 4 nitrogen and oxygen atoms in total. The van der Waals surface area contributed by atoms with Crippen molar-refractivity contribution in [3.05, 3.63) is 35.6 Å². The SMILES string of the molecule is CCOCCC(=O)N[C@@H](CO)c1ccc(F)cc1. The van der Waals surface area contributed by atoms with Crippen LogP contribution in [0.3, 0.4) is 0 Å². The van der Waals surface area contributed by atoms with Gasteiger partial charge in [-0.05, 0) is 24.6 Å². The minimum absolute atomic E-state index is 0.202. The van der Waals surface area contributed by atoms with Gasteiger partial charge in [0.15, 0.2) is 0 Å². The fraction of sp³-hybridized carbons (Fsp3) is 0.462. The van der Waals surface area contributed by atoms with E-state index in [1.165, 1.54) is 12.1 Å². The van der Waals surface area contributed by atoms with Crippen LogP contribution >= 0.6 is 0 Å². The number of carbonyl (C=O) groups excluding carboxylic acids is 1. The second-order valence-electron chi connectivity index (χ2n) is 3.80. The molecule has 1 atom stereocenters. The first-order valence-electron chi connectivity index (χ1n) is 5.90. The molecule has 1 rings (SSSR count). The topological polar surface area (TPSA) is 58.6 Å². The third-order valence-electron chi connectivity index (χ3n) is 2.47. The number of ether oxygens (including phenoxy) is 1. The van der Waals surface area contributed by atoms with E-state index in [0.29, 0.717) is 18.8 Å². The quantitative estimate of drug-likeness (QED) is 0.724. The smallest absolute Gasteiger partial charge is 0.222 e. The molecular formula is C13H18FNO3. The first-order chi connectivity index (χ1) is 8.67. The van der Waals surface area contributed by atoms with Crippen LogP contribution in [0.4, 0.5) is 4.39 Å². The highest BCUT2D eigenvalue weighted by atomic mass is 19.1. The van der Waals surface area contributed by atoms with Gasteiger partial charge in [0.1, 0.15) is 5.82 Å². The van der Waals surface area contributed by atoms with Crippen molar-refractivity contribution in [2.24, 2.45) is 0 Å². The summed E-state index contributed by atoms with van der Waals surface area (Å²) in [6, 6.07) is 5.16. The van der Waals surface area contributed by atoms with E-state index in [0.717, 1.165) is 0 Å². The summed E-state index contributed by atoms with van der Waals surface area (Å²) in [5.41, 5.74) is 0.670. The van der Waals surface area contributed by atoms with Crippen LogP contribution in [-0.4, -0.2) is 30.8 Å². The van der Waals surface area contributed by atoms with Crippen molar-refractivity contribution in [1.82, 2.24) is 5.32 Å². The van der Waals surface area contributed by atoms with Crippen molar-refractivity contribution in [2.75, 3.05) is 19.8 Å². The van der Waals surface area contributed by atoms with Crippen LogP contribution in [0.2, 0.25) is 0 Å². The highest BCUT2D eigenvalue weighted by Crippen LogP contribution is 2.13. The zero-order chi connectivity index (χ0) is 13.4. The van der Waals surface area contributed by atoms with Gasteiger partial charge >= 0.3 is 0 Å².